The van der Waals surface area contributed by atoms with Gasteiger partial charge in [0.05, 0.1) is 22.2 Å². The zero-order valence-corrected chi connectivity index (χ0v) is 23.4. The highest BCUT2D eigenvalue weighted by Gasteiger charge is 2.20. The molecule has 0 unspecified atom stereocenters. The molecule has 0 saturated carbocycles. The van der Waals surface area contributed by atoms with Crippen molar-refractivity contribution in [2.75, 3.05) is 0 Å². The molecule has 0 atom stereocenters. The van der Waals surface area contributed by atoms with Crippen LogP contribution in [0.4, 0.5) is 0 Å². The summed E-state index contributed by atoms with van der Waals surface area (Å²) in [7, 11) is 0. The number of nitrogens with zero attached hydrogens (tertiary/aromatic N) is 2. The molecule has 0 aliphatic carbocycles. The largest absolute Gasteiger partial charge is 0.423 e. The maximum atomic E-state index is 12.4. The van der Waals surface area contributed by atoms with E-state index >= 15 is 0 Å². The fourth-order valence-corrected chi connectivity index (χ4v) is 4.26. The number of ether oxygens (including phenoxy) is 4. The van der Waals surface area contributed by atoms with Crippen molar-refractivity contribution in [2.45, 2.75) is 41.5 Å². The summed E-state index contributed by atoms with van der Waals surface area (Å²) >= 11 is 0. The first-order valence-corrected chi connectivity index (χ1v) is 12.4. The van der Waals surface area contributed by atoms with Crippen molar-refractivity contribution in [1.82, 2.24) is 9.13 Å². The highest BCUT2D eigenvalue weighted by atomic mass is 16.6. The predicted molar refractivity (Wildman–Crippen MR) is 148 cm³/mol. The summed E-state index contributed by atoms with van der Waals surface area (Å²) in [5, 5.41) is 0.829. The minimum atomic E-state index is -0.657. The van der Waals surface area contributed by atoms with Gasteiger partial charge in [-0.25, -0.2) is 0 Å². The third kappa shape index (κ3) is 6.05. The summed E-state index contributed by atoms with van der Waals surface area (Å²) in [5.74, 6) is 2.40. The number of esters is 4. The second-order valence-electron chi connectivity index (χ2n) is 9.12. The van der Waals surface area contributed by atoms with E-state index in [0.717, 1.165) is 0 Å². The third-order valence-electron chi connectivity index (χ3n) is 5.76. The van der Waals surface area contributed by atoms with Gasteiger partial charge in [-0.2, -0.15) is 0 Å². The molecule has 4 aromatic rings. The first-order valence-electron chi connectivity index (χ1n) is 12.4. The van der Waals surface area contributed by atoms with Crippen LogP contribution < -0.4 is 18.9 Å². The Balaban J connectivity index is 1.96. The zero-order chi connectivity index (χ0) is 30.9. The lowest BCUT2D eigenvalue weighted by molar-refractivity contribution is -0.134. The standard InChI is InChI=1S/C30H24N2O10/c1-15(33)31-13-21(23-9-27(39-17(3)35)29(11-25(23)31)41-19(5)37)7-8-22-14-32(16(2)34)26-12-30(42-20(6)38)28(10-24(22)26)40-18(4)36/h9-14H,1-6H3. The SMILES string of the molecule is CC(=O)Oc1cc2c(C#Cc3cn(C(C)=O)c4cc(OC(C)=O)c(OC(C)=O)cc34)cn(C(C)=O)c2cc1OC(C)=O. The van der Waals surface area contributed by atoms with Gasteiger partial charge in [-0.1, -0.05) is 11.8 Å². The molecule has 0 N–H and O–H groups in total. The number of carbonyl (C=O) groups is 6. The molecule has 0 radical (unpaired) electrons. The normalized spacial score (nSPS) is 10.5. The van der Waals surface area contributed by atoms with E-state index in [4.69, 9.17) is 18.9 Å². The fourth-order valence-electron chi connectivity index (χ4n) is 4.26. The Bertz CT molecular complexity index is 1780. The van der Waals surface area contributed by atoms with Crippen molar-refractivity contribution in [3.63, 3.8) is 0 Å². The van der Waals surface area contributed by atoms with Gasteiger partial charge in [-0.15, -0.1) is 0 Å². The summed E-state index contributed by atoms with van der Waals surface area (Å²) in [4.78, 5) is 71.6. The van der Waals surface area contributed by atoms with Crippen molar-refractivity contribution < 1.29 is 47.7 Å². The molecule has 0 saturated heterocycles. The second-order valence-corrected chi connectivity index (χ2v) is 9.12. The molecule has 0 amide bonds. The number of rotatable bonds is 4. The van der Waals surface area contributed by atoms with Crippen molar-refractivity contribution in [3.05, 3.63) is 47.8 Å². The number of aromatic nitrogens is 2. The quantitative estimate of drug-likeness (QED) is 0.199. The van der Waals surface area contributed by atoms with Gasteiger partial charge in [0.15, 0.2) is 23.0 Å². The van der Waals surface area contributed by atoms with Crippen LogP contribution in [0.2, 0.25) is 0 Å². The van der Waals surface area contributed by atoms with E-state index in [0.29, 0.717) is 32.9 Å². The second kappa shape index (κ2) is 11.4. The van der Waals surface area contributed by atoms with Gasteiger partial charge >= 0.3 is 23.9 Å². The summed E-state index contributed by atoms with van der Waals surface area (Å²) in [6, 6.07) is 5.65. The average Bonchev–Trinajstić information content (AvgIpc) is 3.39. The van der Waals surface area contributed by atoms with E-state index in [2.05, 4.69) is 11.8 Å². The first kappa shape index (κ1) is 29.3. The molecule has 2 aromatic heterocycles. The lowest BCUT2D eigenvalue weighted by Gasteiger charge is -2.10. The van der Waals surface area contributed by atoms with E-state index in [1.165, 1.54) is 87.3 Å². The van der Waals surface area contributed by atoms with Gasteiger partial charge in [0.1, 0.15) is 0 Å². The number of benzene rings is 2. The van der Waals surface area contributed by atoms with E-state index in [1.54, 1.807) is 0 Å². The van der Waals surface area contributed by atoms with Crippen LogP contribution in [0.1, 0.15) is 62.3 Å². The van der Waals surface area contributed by atoms with Crippen LogP contribution in [-0.4, -0.2) is 44.8 Å². The summed E-state index contributed by atoms with van der Waals surface area (Å²) in [5.41, 5.74) is 1.38. The predicted octanol–water partition coefficient (Wildman–Crippen LogP) is 4.02. The number of hydrogen-bond acceptors (Lipinski definition) is 10. The van der Waals surface area contributed by atoms with Crippen LogP contribution in [-0.2, 0) is 19.2 Å². The van der Waals surface area contributed by atoms with Gasteiger partial charge in [0, 0.05) is 76.8 Å². The number of carbonyl (C=O) groups excluding carboxylic acids is 6. The van der Waals surface area contributed by atoms with Gasteiger partial charge < -0.3 is 18.9 Å². The molecule has 2 heterocycles. The molecule has 0 aliphatic heterocycles. The van der Waals surface area contributed by atoms with Gasteiger partial charge in [0.25, 0.3) is 0 Å². The van der Waals surface area contributed by atoms with E-state index in [1.807, 2.05) is 0 Å². The Morgan fingerprint density at radius 2 is 0.786 bits per heavy atom. The lowest BCUT2D eigenvalue weighted by atomic mass is 10.1. The van der Waals surface area contributed by atoms with Gasteiger partial charge in [0.2, 0.25) is 11.8 Å². The average molecular weight is 573 g/mol. The van der Waals surface area contributed by atoms with Crippen LogP contribution in [0, 0.1) is 11.8 Å². The maximum Gasteiger partial charge on any atom is 0.308 e. The topological polar surface area (TPSA) is 149 Å². The van der Waals surface area contributed by atoms with Crippen molar-refractivity contribution >= 4 is 57.5 Å². The van der Waals surface area contributed by atoms with Crippen LogP contribution in [0.15, 0.2) is 36.7 Å². The molecule has 2 aromatic carbocycles. The highest BCUT2D eigenvalue weighted by molar-refractivity contribution is 6.00. The Morgan fingerprint density at radius 1 is 0.500 bits per heavy atom. The minimum Gasteiger partial charge on any atom is -0.423 e. The highest BCUT2D eigenvalue weighted by Crippen LogP contribution is 2.37. The van der Waals surface area contributed by atoms with Crippen LogP contribution in [0.3, 0.4) is 0 Å². The molecular formula is C30H24N2O10. The monoisotopic (exact) mass is 572 g/mol. The fraction of sp³-hybridized carbons (Fsp3) is 0.200. The van der Waals surface area contributed by atoms with Crippen molar-refractivity contribution in [2.24, 2.45) is 0 Å². The molecular weight excluding hydrogens is 548 g/mol. The summed E-state index contributed by atoms with van der Waals surface area (Å²) in [6.07, 6.45) is 2.95. The number of hydrogen-bond donors (Lipinski definition) is 0. The Morgan fingerprint density at radius 3 is 1.05 bits per heavy atom. The Labute approximate surface area is 238 Å². The maximum absolute atomic E-state index is 12.4. The molecule has 12 heteroatoms. The van der Waals surface area contributed by atoms with Crippen LogP contribution in [0.5, 0.6) is 23.0 Å². The van der Waals surface area contributed by atoms with Crippen LogP contribution in [0.25, 0.3) is 21.8 Å². The molecule has 0 fully saturated rings. The molecule has 42 heavy (non-hydrogen) atoms. The molecule has 214 valence electrons. The van der Waals surface area contributed by atoms with E-state index < -0.39 is 23.9 Å². The van der Waals surface area contributed by atoms with Crippen LogP contribution >= 0.6 is 0 Å². The molecule has 0 bridgehead atoms. The van der Waals surface area contributed by atoms with E-state index in [-0.39, 0.29) is 34.8 Å². The molecule has 4 rings (SSSR count). The lowest BCUT2D eigenvalue weighted by Crippen LogP contribution is -2.08. The Kier molecular flexibility index (Phi) is 7.96. The smallest absolute Gasteiger partial charge is 0.308 e. The molecule has 12 nitrogen and oxygen atoms in total. The minimum absolute atomic E-state index is 0.0493. The Hall–Kier alpha value is -5.70. The van der Waals surface area contributed by atoms with Crippen molar-refractivity contribution in [3.8, 4) is 34.8 Å². The van der Waals surface area contributed by atoms with E-state index in [9.17, 15) is 28.8 Å². The molecule has 0 spiro atoms. The van der Waals surface area contributed by atoms with Crippen molar-refractivity contribution in [1.29, 1.82) is 0 Å². The first-order chi connectivity index (χ1) is 19.7. The molecule has 0 aliphatic rings. The van der Waals surface area contributed by atoms with Gasteiger partial charge in [-0.05, 0) is 12.1 Å². The number of fused-ring (bicyclic) bond motifs is 2. The zero-order valence-electron chi connectivity index (χ0n) is 23.4. The summed E-state index contributed by atoms with van der Waals surface area (Å²) in [6.45, 7) is 7.40. The van der Waals surface area contributed by atoms with Gasteiger partial charge in [-0.3, -0.25) is 37.9 Å². The summed E-state index contributed by atoms with van der Waals surface area (Å²) < 4.78 is 23.5. The third-order valence-corrected chi connectivity index (χ3v) is 5.76.